The molecular formula is C29H20Cl2FN3O4. The number of fused-ring (bicyclic) bond motifs is 1. The van der Waals surface area contributed by atoms with Gasteiger partial charge in [-0.25, -0.2) is 9.38 Å². The van der Waals surface area contributed by atoms with E-state index in [-0.39, 0.29) is 39.9 Å². The second-order valence-electron chi connectivity index (χ2n) is 8.65. The van der Waals surface area contributed by atoms with Gasteiger partial charge in [-0.2, -0.15) is 4.73 Å². The molecule has 0 atom stereocenters. The summed E-state index contributed by atoms with van der Waals surface area (Å²) in [5, 5.41) is 9.68. The summed E-state index contributed by atoms with van der Waals surface area (Å²) in [6, 6.07) is 20.8. The first-order valence-electron chi connectivity index (χ1n) is 11.7. The summed E-state index contributed by atoms with van der Waals surface area (Å²) in [5.41, 5.74) is 2.43. The molecule has 10 heteroatoms. The SMILES string of the molecule is O=C(N=c1c(Cl)cn(O)cc1Cl)C(=O)c1cn(Cc2ccc(F)cc2)c2c(OCc3ccccc3)cccc12. The van der Waals surface area contributed by atoms with Gasteiger partial charge in [-0.1, -0.05) is 77.8 Å². The Labute approximate surface area is 231 Å². The summed E-state index contributed by atoms with van der Waals surface area (Å²) in [4.78, 5) is 30.2. The molecule has 0 bridgehead atoms. The highest BCUT2D eigenvalue weighted by molar-refractivity contribution is 6.45. The third-order valence-corrected chi connectivity index (χ3v) is 6.51. The fraction of sp³-hybridized carbons (Fsp3) is 0.0690. The Morgan fingerprint density at radius 2 is 1.56 bits per heavy atom. The maximum atomic E-state index is 13.5. The molecule has 0 saturated carbocycles. The number of amides is 1. The molecule has 1 amide bonds. The predicted octanol–water partition coefficient (Wildman–Crippen LogP) is 6.06. The zero-order valence-electron chi connectivity index (χ0n) is 20.2. The average molecular weight is 564 g/mol. The third kappa shape index (κ3) is 5.72. The van der Waals surface area contributed by atoms with Crippen molar-refractivity contribution in [2.45, 2.75) is 13.2 Å². The van der Waals surface area contributed by atoms with Gasteiger partial charge in [0.25, 0.3) is 5.78 Å². The standard InChI is InChI=1S/C29H20Cl2FN3O4/c30-23-15-35(38)16-24(31)26(23)33-29(37)28(36)22-14-34(13-18-9-11-20(32)12-10-18)27-21(22)7-4-8-25(27)39-17-19-5-2-1-3-6-19/h1-12,14-16,38H,13,17H2. The highest BCUT2D eigenvalue weighted by Crippen LogP contribution is 2.32. The van der Waals surface area contributed by atoms with Crippen molar-refractivity contribution in [2.75, 3.05) is 0 Å². The monoisotopic (exact) mass is 563 g/mol. The summed E-state index contributed by atoms with van der Waals surface area (Å²) < 4.78 is 22.0. The largest absolute Gasteiger partial charge is 0.487 e. The zero-order valence-corrected chi connectivity index (χ0v) is 21.7. The molecule has 196 valence electrons. The summed E-state index contributed by atoms with van der Waals surface area (Å²) in [5.74, 6) is -1.84. The molecule has 5 rings (SSSR count). The molecule has 39 heavy (non-hydrogen) atoms. The van der Waals surface area contributed by atoms with Gasteiger partial charge in [0.2, 0.25) is 0 Å². The number of carbonyl (C=O) groups is 2. The summed E-state index contributed by atoms with van der Waals surface area (Å²) in [7, 11) is 0. The first-order chi connectivity index (χ1) is 18.8. The molecule has 0 spiro atoms. The molecule has 7 nitrogen and oxygen atoms in total. The van der Waals surface area contributed by atoms with Crippen molar-refractivity contribution in [3.63, 3.8) is 0 Å². The van der Waals surface area contributed by atoms with E-state index in [1.54, 1.807) is 41.1 Å². The van der Waals surface area contributed by atoms with E-state index in [1.165, 1.54) is 12.1 Å². The van der Waals surface area contributed by atoms with Crippen LogP contribution < -0.4 is 10.1 Å². The topological polar surface area (TPSA) is 85.8 Å². The molecule has 0 saturated heterocycles. The van der Waals surface area contributed by atoms with Crippen molar-refractivity contribution in [1.29, 1.82) is 0 Å². The number of benzene rings is 3. The highest BCUT2D eigenvalue weighted by atomic mass is 35.5. The van der Waals surface area contributed by atoms with Crippen molar-refractivity contribution in [3.8, 4) is 5.75 Å². The lowest BCUT2D eigenvalue weighted by molar-refractivity contribution is -0.114. The van der Waals surface area contributed by atoms with E-state index < -0.39 is 11.7 Å². The van der Waals surface area contributed by atoms with E-state index in [1.807, 2.05) is 30.3 Å². The van der Waals surface area contributed by atoms with Crippen LogP contribution in [-0.4, -0.2) is 26.2 Å². The van der Waals surface area contributed by atoms with Crippen molar-refractivity contribution in [1.82, 2.24) is 9.30 Å². The number of Topliss-reactive ketones (excluding diaryl/α,β-unsaturated/α-hetero) is 1. The molecule has 3 aromatic carbocycles. The molecular weight excluding hydrogens is 544 g/mol. The maximum absolute atomic E-state index is 13.5. The van der Waals surface area contributed by atoms with Gasteiger partial charge < -0.3 is 14.5 Å². The summed E-state index contributed by atoms with van der Waals surface area (Å²) in [6.07, 6.45) is 3.74. The van der Waals surface area contributed by atoms with Crippen molar-refractivity contribution >= 4 is 45.8 Å². The fourth-order valence-electron chi connectivity index (χ4n) is 4.15. The van der Waals surface area contributed by atoms with Crippen LogP contribution in [0.3, 0.4) is 0 Å². The van der Waals surface area contributed by atoms with E-state index in [2.05, 4.69) is 4.99 Å². The molecule has 0 aliphatic rings. The maximum Gasteiger partial charge on any atom is 0.318 e. The fourth-order valence-corrected chi connectivity index (χ4v) is 4.69. The van der Waals surface area contributed by atoms with Gasteiger partial charge in [-0.3, -0.25) is 9.59 Å². The molecule has 2 aromatic heterocycles. The average Bonchev–Trinajstić information content (AvgIpc) is 3.29. The van der Waals surface area contributed by atoms with Crippen LogP contribution >= 0.6 is 23.2 Å². The Bertz CT molecular complexity index is 1740. The van der Waals surface area contributed by atoms with E-state index in [0.29, 0.717) is 21.4 Å². The van der Waals surface area contributed by atoms with Gasteiger partial charge in [-0.05, 0) is 29.3 Å². The van der Waals surface area contributed by atoms with Crippen LogP contribution in [-0.2, 0) is 17.9 Å². The van der Waals surface area contributed by atoms with Gasteiger partial charge in [0, 0.05) is 18.1 Å². The van der Waals surface area contributed by atoms with Gasteiger partial charge in [0.1, 0.15) is 23.5 Å². The third-order valence-electron chi connectivity index (χ3n) is 5.96. The zero-order chi connectivity index (χ0) is 27.5. The minimum absolute atomic E-state index is 0.103. The number of hydrogen-bond acceptors (Lipinski definition) is 4. The van der Waals surface area contributed by atoms with Crippen LogP contribution in [0.25, 0.3) is 10.9 Å². The number of hydrogen-bond donors (Lipinski definition) is 1. The Balaban J connectivity index is 1.58. The Morgan fingerprint density at radius 1 is 0.872 bits per heavy atom. The second-order valence-corrected chi connectivity index (χ2v) is 9.47. The molecule has 5 aromatic rings. The quantitative estimate of drug-likeness (QED) is 0.148. The van der Waals surface area contributed by atoms with Crippen LogP contribution in [0, 0.1) is 5.82 Å². The van der Waals surface area contributed by atoms with E-state index >= 15 is 0 Å². The van der Waals surface area contributed by atoms with Crippen molar-refractivity contribution < 1.29 is 23.9 Å². The normalized spacial score (nSPS) is 10.9. The molecule has 0 aliphatic heterocycles. The Kier molecular flexibility index (Phi) is 7.49. The first kappa shape index (κ1) is 26.2. The van der Waals surface area contributed by atoms with Crippen molar-refractivity contribution in [3.05, 3.63) is 129 Å². The minimum atomic E-state index is -1.09. The van der Waals surface area contributed by atoms with Crippen molar-refractivity contribution in [2.24, 2.45) is 4.99 Å². The Hall–Kier alpha value is -4.40. The minimum Gasteiger partial charge on any atom is -0.487 e. The lowest BCUT2D eigenvalue weighted by Gasteiger charge is -2.12. The molecule has 0 unspecified atom stereocenters. The van der Waals surface area contributed by atoms with E-state index in [4.69, 9.17) is 27.9 Å². The number of para-hydroxylation sites is 1. The number of rotatable bonds is 7. The second kappa shape index (κ2) is 11.1. The van der Waals surface area contributed by atoms with Crippen LogP contribution in [0.15, 0.2) is 96.4 Å². The van der Waals surface area contributed by atoms with Crippen LogP contribution in [0.4, 0.5) is 4.39 Å². The van der Waals surface area contributed by atoms with E-state index in [9.17, 15) is 19.2 Å². The lowest BCUT2D eigenvalue weighted by Crippen LogP contribution is -2.18. The van der Waals surface area contributed by atoms with Crippen LogP contribution in [0.1, 0.15) is 21.5 Å². The number of ketones is 1. The number of pyridine rings is 1. The first-order valence-corrected chi connectivity index (χ1v) is 12.5. The van der Waals surface area contributed by atoms with Crippen LogP contribution in [0.5, 0.6) is 5.75 Å². The smallest absolute Gasteiger partial charge is 0.318 e. The van der Waals surface area contributed by atoms with Gasteiger partial charge in [0.15, 0.2) is 0 Å². The highest BCUT2D eigenvalue weighted by Gasteiger charge is 2.24. The molecule has 0 fully saturated rings. The molecule has 2 heterocycles. The number of carbonyl (C=O) groups excluding carboxylic acids is 2. The summed E-state index contributed by atoms with van der Waals surface area (Å²) in [6.45, 7) is 0.572. The number of nitrogens with zero attached hydrogens (tertiary/aromatic N) is 3. The number of ether oxygens (including phenoxy) is 1. The molecule has 1 N–H and O–H groups in total. The summed E-state index contributed by atoms with van der Waals surface area (Å²) >= 11 is 12.1. The Morgan fingerprint density at radius 3 is 2.26 bits per heavy atom. The van der Waals surface area contributed by atoms with Crippen LogP contribution in [0.2, 0.25) is 10.0 Å². The number of aromatic nitrogens is 2. The van der Waals surface area contributed by atoms with E-state index in [0.717, 1.165) is 23.5 Å². The molecule has 0 aliphatic carbocycles. The molecule has 0 radical (unpaired) electrons. The van der Waals surface area contributed by atoms with Gasteiger partial charge in [0.05, 0.1) is 33.5 Å². The lowest BCUT2D eigenvalue weighted by atomic mass is 10.1. The van der Waals surface area contributed by atoms with Gasteiger partial charge in [-0.15, -0.1) is 0 Å². The number of halogens is 3. The van der Waals surface area contributed by atoms with Gasteiger partial charge >= 0.3 is 5.91 Å². The predicted molar refractivity (Wildman–Crippen MR) is 145 cm³/mol.